The van der Waals surface area contributed by atoms with Gasteiger partial charge in [0, 0.05) is 31.8 Å². The first-order valence-electron chi connectivity index (χ1n) is 6.29. The summed E-state index contributed by atoms with van der Waals surface area (Å²) in [6.45, 7) is 8.09. The SMILES string of the molecule is CCOCCN(C)C1(CN)CC(OCC)C1. The van der Waals surface area contributed by atoms with Gasteiger partial charge in [0.1, 0.15) is 0 Å². The predicted octanol–water partition coefficient (Wildman–Crippen LogP) is 0.851. The zero-order valence-corrected chi connectivity index (χ0v) is 10.9. The fourth-order valence-corrected chi connectivity index (χ4v) is 2.36. The maximum atomic E-state index is 5.89. The quantitative estimate of drug-likeness (QED) is 0.628. The van der Waals surface area contributed by atoms with Gasteiger partial charge in [-0.2, -0.15) is 0 Å². The third-order valence-corrected chi connectivity index (χ3v) is 3.58. The van der Waals surface area contributed by atoms with Gasteiger partial charge in [-0.25, -0.2) is 0 Å². The van der Waals surface area contributed by atoms with Crippen molar-refractivity contribution in [1.82, 2.24) is 4.90 Å². The van der Waals surface area contributed by atoms with Crippen molar-refractivity contribution >= 4 is 0 Å². The van der Waals surface area contributed by atoms with Crippen molar-refractivity contribution in [3.8, 4) is 0 Å². The molecule has 0 aromatic carbocycles. The first-order chi connectivity index (χ1) is 7.68. The monoisotopic (exact) mass is 230 g/mol. The second-order valence-corrected chi connectivity index (χ2v) is 4.53. The van der Waals surface area contributed by atoms with Gasteiger partial charge in [-0.15, -0.1) is 0 Å². The topological polar surface area (TPSA) is 47.7 Å². The van der Waals surface area contributed by atoms with Crippen molar-refractivity contribution in [1.29, 1.82) is 0 Å². The van der Waals surface area contributed by atoms with Gasteiger partial charge in [-0.05, 0) is 33.7 Å². The molecule has 1 aliphatic rings. The van der Waals surface area contributed by atoms with E-state index in [-0.39, 0.29) is 5.54 Å². The lowest BCUT2D eigenvalue weighted by Gasteiger charge is -2.52. The summed E-state index contributed by atoms with van der Waals surface area (Å²) in [4.78, 5) is 2.33. The van der Waals surface area contributed by atoms with E-state index < -0.39 is 0 Å². The van der Waals surface area contributed by atoms with Crippen molar-refractivity contribution < 1.29 is 9.47 Å². The Kier molecular flexibility index (Phi) is 5.69. The normalized spacial score (nSPS) is 29.4. The van der Waals surface area contributed by atoms with Crippen molar-refractivity contribution in [2.75, 3.05) is 40.0 Å². The molecule has 0 heterocycles. The average Bonchev–Trinajstić information content (AvgIpc) is 2.23. The highest BCUT2D eigenvalue weighted by Gasteiger charge is 2.46. The van der Waals surface area contributed by atoms with E-state index in [9.17, 15) is 0 Å². The van der Waals surface area contributed by atoms with Crippen LogP contribution in [0.4, 0.5) is 0 Å². The Morgan fingerprint density at radius 2 is 2.00 bits per heavy atom. The Hall–Kier alpha value is -0.160. The molecule has 1 rings (SSSR count). The van der Waals surface area contributed by atoms with Crippen LogP contribution < -0.4 is 5.73 Å². The van der Waals surface area contributed by atoms with E-state index >= 15 is 0 Å². The van der Waals surface area contributed by atoms with Crippen molar-refractivity contribution in [2.24, 2.45) is 5.73 Å². The molecular formula is C12H26N2O2. The summed E-state index contributed by atoms with van der Waals surface area (Å²) in [6, 6.07) is 0. The van der Waals surface area contributed by atoms with Crippen LogP contribution in [-0.4, -0.2) is 56.5 Å². The molecule has 0 aliphatic heterocycles. The first-order valence-corrected chi connectivity index (χ1v) is 6.29. The molecule has 1 saturated carbocycles. The summed E-state index contributed by atoms with van der Waals surface area (Å²) in [5.74, 6) is 0. The lowest BCUT2D eigenvalue weighted by molar-refractivity contribution is -0.0963. The van der Waals surface area contributed by atoms with Gasteiger partial charge < -0.3 is 15.2 Å². The molecule has 4 heteroatoms. The fourth-order valence-electron chi connectivity index (χ4n) is 2.36. The summed E-state index contributed by atoms with van der Waals surface area (Å²) >= 11 is 0. The molecule has 0 unspecified atom stereocenters. The van der Waals surface area contributed by atoms with Crippen LogP contribution in [0.3, 0.4) is 0 Å². The number of rotatable bonds is 8. The Morgan fingerprint density at radius 1 is 1.31 bits per heavy atom. The van der Waals surface area contributed by atoms with Crippen LogP contribution in [0.15, 0.2) is 0 Å². The van der Waals surface area contributed by atoms with Crippen molar-refractivity contribution in [3.63, 3.8) is 0 Å². The molecule has 1 aliphatic carbocycles. The van der Waals surface area contributed by atoms with Crippen molar-refractivity contribution in [2.45, 2.75) is 38.3 Å². The number of nitrogens with two attached hydrogens (primary N) is 1. The Labute approximate surface area is 99.1 Å². The highest BCUT2D eigenvalue weighted by Crippen LogP contribution is 2.38. The number of hydrogen-bond donors (Lipinski definition) is 1. The van der Waals surface area contributed by atoms with E-state index in [1.165, 1.54) is 0 Å². The molecule has 16 heavy (non-hydrogen) atoms. The summed E-state index contributed by atoms with van der Waals surface area (Å²) < 4.78 is 11.0. The average molecular weight is 230 g/mol. The van der Waals surface area contributed by atoms with E-state index in [0.717, 1.165) is 39.2 Å². The molecule has 0 aromatic rings. The molecule has 0 aromatic heterocycles. The first kappa shape index (κ1) is 13.9. The largest absolute Gasteiger partial charge is 0.380 e. The molecule has 96 valence electrons. The van der Waals surface area contributed by atoms with Gasteiger partial charge in [0.15, 0.2) is 0 Å². The minimum absolute atomic E-state index is 0.150. The number of hydrogen-bond acceptors (Lipinski definition) is 4. The maximum absolute atomic E-state index is 5.89. The molecule has 2 N–H and O–H groups in total. The van der Waals surface area contributed by atoms with Crippen LogP contribution in [0, 0.1) is 0 Å². The fraction of sp³-hybridized carbons (Fsp3) is 1.00. The standard InChI is InChI=1S/C12H26N2O2/c1-4-15-7-6-14(3)12(10-13)8-11(9-12)16-5-2/h11H,4-10,13H2,1-3H3. The molecule has 4 nitrogen and oxygen atoms in total. The number of likely N-dealkylation sites (N-methyl/N-ethyl adjacent to an activating group) is 1. The van der Waals surface area contributed by atoms with Gasteiger partial charge in [0.05, 0.1) is 12.7 Å². The third-order valence-electron chi connectivity index (χ3n) is 3.58. The summed E-state index contributed by atoms with van der Waals surface area (Å²) in [7, 11) is 2.13. The van der Waals surface area contributed by atoms with Gasteiger partial charge in [0.2, 0.25) is 0 Å². The maximum Gasteiger partial charge on any atom is 0.0611 e. The van der Waals surface area contributed by atoms with E-state index in [4.69, 9.17) is 15.2 Å². The van der Waals surface area contributed by atoms with Crippen LogP contribution >= 0.6 is 0 Å². The van der Waals surface area contributed by atoms with E-state index in [0.29, 0.717) is 12.6 Å². The zero-order chi connectivity index (χ0) is 12.0. The Morgan fingerprint density at radius 3 is 2.50 bits per heavy atom. The molecule has 1 fully saturated rings. The molecule has 0 amide bonds. The summed E-state index contributed by atoms with van der Waals surface area (Å²) in [5, 5.41) is 0. The lowest BCUT2D eigenvalue weighted by Crippen LogP contribution is -2.63. The Bertz CT molecular complexity index is 193. The van der Waals surface area contributed by atoms with Crippen molar-refractivity contribution in [3.05, 3.63) is 0 Å². The minimum Gasteiger partial charge on any atom is -0.380 e. The molecule has 0 atom stereocenters. The smallest absolute Gasteiger partial charge is 0.0611 e. The van der Waals surface area contributed by atoms with E-state index in [1.807, 2.05) is 13.8 Å². The minimum atomic E-state index is 0.150. The van der Waals surface area contributed by atoms with Gasteiger partial charge >= 0.3 is 0 Å². The van der Waals surface area contributed by atoms with Crippen LogP contribution in [0.25, 0.3) is 0 Å². The zero-order valence-electron chi connectivity index (χ0n) is 10.9. The molecule has 0 saturated heterocycles. The summed E-state index contributed by atoms with van der Waals surface area (Å²) in [6.07, 6.45) is 2.52. The second-order valence-electron chi connectivity index (χ2n) is 4.53. The summed E-state index contributed by atoms with van der Waals surface area (Å²) in [5.41, 5.74) is 6.04. The third kappa shape index (κ3) is 3.17. The van der Waals surface area contributed by atoms with Gasteiger partial charge in [-0.1, -0.05) is 0 Å². The van der Waals surface area contributed by atoms with Gasteiger partial charge in [-0.3, -0.25) is 4.90 Å². The predicted molar refractivity (Wildman–Crippen MR) is 65.6 cm³/mol. The number of ether oxygens (including phenoxy) is 2. The highest BCUT2D eigenvalue weighted by atomic mass is 16.5. The number of nitrogens with zero attached hydrogens (tertiary/aromatic N) is 1. The van der Waals surface area contributed by atoms with Crippen LogP contribution in [0.2, 0.25) is 0 Å². The molecule has 0 radical (unpaired) electrons. The molecular weight excluding hydrogens is 204 g/mol. The lowest BCUT2D eigenvalue weighted by atomic mass is 9.73. The highest BCUT2D eigenvalue weighted by molar-refractivity contribution is 5.03. The van der Waals surface area contributed by atoms with E-state index in [2.05, 4.69) is 11.9 Å². The second kappa shape index (κ2) is 6.55. The van der Waals surface area contributed by atoms with Crippen LogP contribution in [-0.2, 0) is 9.47 Å². The van der Waals surface area contributed by atoms with Gasteiger partial charge in [0.25, 0.3) is 0 Å². The van der Waals surface area contributed by atoms with Crippen LogP contribution in [0.5, 0.6) is 0 Å². The molecule has 0 spiro atoms. The molecule has 0 bridgehead atoms. The van der Waals surface area contributed by atoms with E-state index in [1.54, 1.807) is 0 Å². The van der Waals surface area contributed by atoms with Crippen LogP contribution in [0.1, 0.15) is 26.7 Å². The Balaban J connectivity index is 2.31.